The average molecular weight is 426 g/mol. The zero-order valence-electron chi connectivity index (χ0n) is 17.7. The molecule has 160 valence electrons. The molecule has 0 atom stereocenters. The number of hydrogen-bond acceptors (Lipinski definition) is 4. The van der Waals surface area contributed by atoms with Gasteiger partial charge < -0.3 is 14.7 Å². The lowest BCUT2D eigenvalue weighted by atomic mass is 10.0. The van der Waals surface area contributed by atoms with E-state index in [4.69, 9.17) is 0 Å². The van der Waals surface area contributed by atoms with Crippen LogP contribution in [0.15, 0.2) is 52.3 Å². The third kappa shape index (κ3) is 4.39. The van der Waals surface area contributed by atoms with Gasteiger partial charge >= 0.3 is 0 Å². The molecule has 30 heavy (non-hydrogen) atoms. The summed E-state index contributed by atoms with van der Waals surface area (Å²) in [5.74, 6) is -0.153. The van der Waals surface area contributed by atoms with E-state index in [1.165, 1.54) is 75.4 Å². The van der Waals surface area contributed by atoms with E-state index in [1.54, 1.807) is 23.9 Å². The molecule has 0 unspecified atom stereocenters. The van der Waals surface area contributed by atoms with Gasteiger partial charge in [-0.15, -0.1) is 0 Å². The lowest BCUT2D eigenvalue weighted by Crippen LogP contribution is -2.44. The summed E-state index contributed by atoms with van der Waals surface area (Å²) in [5, 5.41) is 0. The number of piperidine rings is 1. The lowest BCUT2D eigenvalue weighted by molar-refractivity contribution is 0.126. The molecule has 0 N–H and O–H groups in total. The molecule has 5 heteroatoms. The van der Waals surface area contributed by atoms with Crippen molar-refractivity contribution in [3.8, 4) is 0 Å². The lowest BCUT2D eigenvalue weighted by Gasteiger charge is -2.37. The zero-order valence-corrected chi connectivity index (χ0v) is 18.5. The second-order valence-electron chi connectivity index (χ2n) is 8.86. The molecule has 5 rings (SSSR count). The van der Waals surface area contributed by atoms with Crippen LogP contribution in [0.5, 0.6) is 0 Å². The van der Waals surface area contributed by atoms with Gasteiger partial charge in [-0.1, -0.05) is 23.9 Å². The van der Waals surface area contributed by atoms with Crippen molar-refractivity contribution >= 4 is 23.1 Å². The molecule has 2 aromatic rings. The Bertz CT molecular complexity index is 859. The van der Waals surface area contributed by atoms with Crippen molar-refractivity contribution in [3.05, 3.63) is 48.3 Å². The van der Waals surface area contributed by atoms with Gasteiger partial charge in [-0.05, 0) is 102 Å². The fourth-order valence-electron chi connectivity index (χ4n) is 5.26. The van der Waals surface area contributed by atoms with Crippen LogP contribution in [0, 0.1) is 5.82 Å². The van der Waals surface area contributed by atoms with Crippen LogP contribution in [-0.4, -0.2) is 55.1 Å². The molecule has 3 aliphatic rings. The molecule has 2 saturated heterocycles. The van der Waals surface area contributed by atoms with Crippen molar-refractivity contribution in [2.45, 2.75) is 54.4 Å². The third-order valence-corrected chi connectivity index (χ3v) is 8.04. The molecule has 3 heterocycles. The van der Waals surface area contributed by atoms with Gasteiger partial charge in [0, 0.05) is 22.4 Å². The molecular formula is C25H32FN3S. The number of para-hydroxylation sites is 1. The summed E-state index contributed by atoms with van der Waals surface area (Å²) in [6, 6.07) is 14.5. The van der Waals surface area contributed by atoms with Gasteiger partial charge in [0.2, 0.25) is 0 Å². The van der Waals surface area contributed by atoms with E-state index in [0.29, 0.717) is 0 Å². The number of nitrogens with zero attached hydrogens (tertiary/aromatic N) is 3. The summed E-state index contributed by atoms with van der Waals surface area (Å²) >= 11 is 1.75. The summed E-state index contributed by atoms with van der Waals surface area (Å²) in [5.41, 5.74) is 2.23. The van der Waals surface area contributed by atoms with Crippen LogP contribution in [0.1, 0.15) is 38.5 Å². The van der Waals surface area contributed by atoms with Crippen LogP contribution in [0.4, 0.5) is 15.8 Å². The Labute approximate surface area is 184 Å². The zero-order chi connectivity index (χ0) is 20.3. The van der Waals surface area contributed by atoms with Crippen molar-refractivity contribution < 1.29 is 4.39 Å². The smallest absolute Gasteiger partial charge is 0.125 e. The third-order valence-electron chi connectivity index (χ3n) is 6.91. The minimum absolute atomic E-state index is 0.153. The summed E-state index contributed by atoms with van der Waals surface area (Å²) < 4.78 is 14.0. The quantitative estimate of drug-likeness (QED) is 0.543. The molecule has 2 aromatic carbocycles. The molecule has 0 amide bonds. The van der Waals surface area contributed by atoms with Crippen molar-refractivity contribution in [2.75, 3.05) is 44.2 Å². The first-order chi connectivity index (χ1) is 14.8. The summed E-state index contributed by atoms with van der Waals surface area (Å²) in [6.45, 7) is 7.27. The first-order valence-corrected chi connectivity index (χ1v) is 12.4. The Hall–Kier alpha value is -1.56. The Morgan fingerprint density at radius 1 is 0.833 bits per heavy atom. The fraction of sp³-hybridized carbons (Fsp3) is 0.520. The van der Waals surface area contributed by atoms with Crippen molar-refractivity contribution in [3.63, 3.8) is 0 Å². The largest absolute Gasteiger partial charge is 0.340 e. The maximum atomic E-state index is 14.0. The first kappa shape index (κ1) is 20.3. The fourth-order valence-corrected chi connectivity index (χ4v) is 6.34. The van der Waals surface area contributed by atoms with Gasteiger partial charge in [0.05, 0.1) is 11.4 Å². The molecular weight excluding hydrogens is 393 g/mol. The van der Waals surface area contributed by atoms with Gasteiger partial charge in [0.25, 0.3) is 0 Å². The van der Waals surface area contributed by atoms with Crippen molar-refractivity contribution in [1.82, 2.24) is 9.80 Å². The number of anilines is 2. The van der Waals surface area contributed by atoms with E-state index in [2.05, 4.69) is 39.0 Å². The molecule has 2 fully saturated rings. The number of halogens is 1. The number of benzene rings is 2. The Balaban J connectivity index is 1.15. The number of rotatable bonds is 6. The molecule has 0 aliphatic carbocycles. The van der Waals surface area contributed by atoms with E-state index in [9.17, 15) is 4.39 Å². The topological polar surface area (TPSA) is 9.72 Å². The highest BCUT2D eigenvalue weighted by Crippen LogP contribution is 2.48. The number of hydrogen-bond donors (Lipinski definition) is 0. The predicted octanol–water partition coefficient (Wildman–Crippen LogP) is 5.77. The maximum Gasteiger partial charge on any atom is 0.125 e. The molecule has 3 nitrogen and oxygen atoms in total. The van der Waals surface area contributed by atoms with Gasteiger partial charge in [-0.2, -0.15) is 0 Å². The summed E-state index contributed by atoms with van der Waals surface area (Å²) in [4.78, 5) is 10.1. The van der Waals surface area contributed by atoms with Crippen LogP contribution in [0.3, 0.4) is 0 Å². The monoisotopic (exact) mass is 425 g/mol. The highest BCUT2D eigenvalue weighted by molar-refractivity contribution is 7.99. The molecule has 0 spiro atoms. The van der Waals surface area contributed by atoms with Gasteiger partial charge in [0.1, 0.15) is 5.82 Å². The van der Waals surface area contributed by atoms with Crippen LogP contribution in [0.2, 0.25) is 0 Å². The normalized spacial score (nSPS) is 20.4. The highest BCUT2D eigenvalue weighted by atomic mass is 32.2. The van der Waals surface area contributed by atoms with Gasteiger partial charge in [-0.3, -0.25) is 0 Å². The van der Waals surface area contributed by atoms with Crippen LogP contribution < -0.4 is 4.90 Å². The van der Waals surface area contributed by atoms with Crippen molar-refractivity contribution in [1.29, 1.82) is 0 Å². The van der Waals surface area contributed by atoms with Crippen LogP contribution >= 0.6 is 11.8 Å². The number of unbranched alkanes of at least 4 members (excludes halogenated alkanes) is 1. The van der Waals surface area contributed by atoms with Crippen LogP contribution in [-0.2, 0) is 0 Å². The average Bonchev–Trinajstić information content (AvgIpc) is 3.32. The minimum atomic E-state index is -0.153. The predicted molar refractivity (Wildman–Crippen MR) is 123 cm³/mol. The molecule has 0 radical (unpaired) electrons. The van der Waals surface area contributed by atoms with E-state index in [0.717, 1.165) is 29.6 Å². The summed E-state index contributed by atoms with van der Waals surface area (Å²) in [7, 11) is 0. The maximum absolute atomic E-state index is 14.0. The first-order valence-electron chi connectivity index (χ1n) is 11.6. The molecule has 0 bridgehead atoms. The number of fused-ring (bicyclic) bond motifs is 2. The van der Waals surface area contributed by atoms with Gasteiger partial charge in [0.15, 0.2) is 0 Å². The van der Waals surface area contributed by atoms with E-state index < -0.39 is 0 Å². The Morgan fingerprint density at radius 2 is 1.57 bits per heavy atom. The standard InChI is InChI=1S/C25H32FN3S/c26-20-9-10-25-23(19-20)29(22-7-1-2-8-24(22)30-25)16-6-3-13-27-17-11-21(12-18-27)28-14-4-5-15-28/h1-2,7-10,19,21H,3-6,11-18H2. The molecule has 0 saturated carbocycles. The van der Waals surface area contributed by atoms with E-state index in [1.807, 2.05) is 6.07 Å². The molecule has 0 aromatic heterocycles. The second-order valence-corrected chi connectivity index (χ2v) is 9.94. The van der Waals surface area contributed by atoms with Crippen molar-refractivity contribution in [2.24, 2.45) is 0 Å². The van der Waals surface area contributed by atoms with E-state index in [-0.39, 0.29) is 5.82 Å². The Kier molecular flexibility index (Phi) is 6.30. The summed E-state index contributed by atoms with van der Waals surface area (Å²) in [6.07, 6.45) is 7.79. The highest BCUT2D eigenvalue weighted by Gasteiger charge is 2.26. The minimum Gasteiger partial charge on any atom is -0.340 e. The molecule has 3 aliphatic heterocycles. The second kappa shape index (κ2) is 9.29. The Morgan fingerprint density at radius 3 is 2.40 bits per heavy atom. The van der Waals surface area contributed by atoms with E-state index >= 15 is 0 Å². The van der Waals surface area contributed by atoms with Gasteiger partial charge in [-0.25, -0.2) is 4.39 Å². The SMILES string of the molecule is Fc1ccc2c(c1)N(CCCCN1CCC(N3CCCC3)CC1)c1ccccc1S2. The number of likely N-dealkylation sites (tertiary alicyclic amines) is 2. The van der Waals surface area contributed by atoms with Crippen LogP contribution in [0.25, 0.3) is 0 Å².